The van der Waals surface area contributed by atoms with Gasteiger partial charge in [-0.15, -0.1) is 0 Å². The van der Waals surface area contributed by atoms with Crippen molar-refractivity contribution in [1.29, 1.82) is 0 Å². The molecular weight excluding hydrogens is 253 g/mol. The molecule has 1 aromatic heterocycles. The van der Waals surface area contributed by atoms with Crippen LogP contribution in [-0.4, -0.2) is 9.97 Å². The van der Waals surface area contributed by atoms with Gasteiger partial charge in [-0.05, 0) is 30.3 Å². The number of nitrogens with one attached hydrogen (secondary N) is 1. The molecule has 0 aliphatic carbocycles. The van der Waals surface area contributed by atoms with Gasteiger partial charge >= 0.3 is 0 Å². The number of nitrogens with zero attached hydrogens (tertiary/aromatic N) is 1. The number of para-hydroxylation sites is 1. The third-order valence-electron chi connectivity index (χ3n) is 2.66. The monoisotopic (exact) mass is 261 g/mol. The minimum absolute atomic E-state index is 0.311. The molecule has 3 rings (SSSR count). The molecule has 5 heteroatoms. The first-order valence-electron chi connectivity index (χ1n) is 5.34. The van der Waals surface area contributed by atoms with Gasteiger partial charge in [0.1, 0.15) is 11.3 Å². The van der Waals surface area contributed by atoms with Gasteiger partial charge in [0.2, 0.25) is 0 Å². The van der Waals surface area contributed by atoms with Crippen molar-refractivity contribution < 1.29 is 4.39 Å². The maximum atomic E-state index is 13.5. The van der Waals surface area contributed by atoms with Crippen LogP contribution in [0.2, 0.25) is 5.02 Å². The third kappa shape index (κ3) is 1.80. The second-order valence-electron chi connectivity index (χ2n) is 3.99. The van der Waals surface area contributed by atoms with Crippen LogP contribution in [0.4, 0.5) is 10.1 Å². The first-order valence-corrected chi connectivity index (χ1v) is 5.72. The Balaban J connectivity index is 2.22. The number of hydrogen-bond donors (Lipinski definition) is 2. The molecule has 18 heavy (non-hydrogen) atoms. The average molecular weight is 262 g/mol. The molecule has 0 saturated heterocycles. The molecule has 2 aromatic carbocycles. The first kappa shape index (κ1) is 11.0. The summed E-state index contributed by atoms with van der Waals surface area (Å²) in [4.78, 5) is 7.26. The van der Waals surface area contributed by atoms with Crippen molar-refractivity contribution in [2.45, 2.75) is 0 Å². The van der Waals surface area contributed by atoms with E-state index in [-0.39, 0.29) is 5.82 Å². The lowest BCUT2D eigenvalue weighted by Crippen LogP contribution is -1.87. The Morgan fingerprint density at radius 3 is 2.78 bits per heavy atom. The topological polar surface area (TPSA) is 54.7 Å². The van der Waals surface area contributed by atoms with Crippen LogP contribution in [0.5, 0.6) is 0 Å². The summed E-state index contributed by atoms with van der Waals surface area (Å²) in [6.45, 7) is 0. The standard InChI is InChI=1S/C13H9ClFN3/c14-8-4-7(5-9(16)6-8)13-17-11-3-1-2-10(15)12(11)18-13/h1-6H,16H2,(H,17,18). The highest BCUT2D eigenvalue weighted by Gasteiger charge is 2.09. The lowest BCUT2D eigenvalue weighted by Gasteiger charge is -2.00. The summed E-state index contributed by atoms with van der Waals surface area (Å²) in [6, 6.07) is 9.89. The molecule has 1 heterocycles. The molecular formula is C13H9ClFN3. The van der Waals surface area contributed by atoms with Crippen LogP contribution in [0.15, 0.2) is 36.4 Å². The fourth-order valence-corrected chi connectivity index (χ4v) is 2.13. The highest BCUT2D eigenvalue weighted by Crippen LogP contribution is 2.26. The minimum atomic E-state index is -0.356. The highest BCUT2D eigenvalue weighted by atomic mass is 35.5. The largest absolute Gasteiger partial charge is 0.399 e. The predicted octanol–water partition coefficient (Wildman–Crippen LogP) is 3.60. The SMILES string of the molecule is Nc1cc(Cl)cc(-c2nc3c(F)cccc3[nH]2)c1. The van der Waals surface area contributed by atoms with E-state index in [1.165, 1.54) is 6.07 Å². The van der Waals surface area contributed by atoms with E-state index in [2.05, 4.69) is 9.97 Å². The molecule has 3 N–H and O–H groups in total. The van der Waals surface area contributed by atoms with Crippen LogP contribution >= 0.6 is 11.6 Å². The highest BCUT2D eigenvalue weighted by molar-refractivity contribution is 6.31. The number of aromatic amines is 1. The minimum Gasteiger partial charge on any atom is -0.399 e. The molecule has 0 aliphatic heterocycles. The van der Waals surface area contributed by atoms with Crippen LogP contribution in [0.3, 0.4) is 0 Å². The molecule has 0 aliphatic rings. The van der Waals surface area contributed by atoms with Gasteiger partial charge in [-0.3, -0.25) is 0 Å². The normalized spacial score (nSPS) is 11.0. The van der Waals surface area contributed by atoms with Gasteiger partial charge in [-0.25, -0.2) is 9.37 Å². The van der Waals surface area contributed by atoms with Gasteiger partial charge in [0.15, 0.2) is 5.82 Å². The Morgan fingerprint density at radius 1 is 1.22 bits per heavy atom. The van der Waals surface area contributed by atoms with Crippen molar-refractivity contribution in [3.63, 3.8) is 0 Å². The second-order valence-corrected chi connectivity index (χ2v) is 4.43. The van der Waals surface area contributed by atoms with Crippen molar-refractivity contribution in [1.82, 2.24) is 9.97 Å². The summed E-state index contributed by atoms with van der Waals surface area (Å²) in [5, 5.41) is 0.519. The van der Waals surface area contributed by atoms with E-state index in [9.17, 15) is 4.39 Å². The molecule has 0 saturated carbocycles. The number of halogens is 2. The van der Waals surface area contributed by atoms with Gasteiger partial charge in [0, 0.05) is 16.3 Å². The summed E-state index contributed by atoms with van der Waals surface area (Å²) >= 11 is 5.93. The first-order chi connectivity index (χ1) is 8.63. The number of hydrogen-bond acceptors (Lipinski definition) is 2. The van der Waals surface area contributed by atoms with E-state index in [0.717, 1.165) is 5.56 Å². The third-order valence-corrected chi connectivity index (χ3v) is 2.88. The zero-order valence-electron chi connectivity index (χ0n) is 9.24. The number of aromatic nitrogens is 2. The second kappa shape index (κ2) is 3.99. The smallest absolute Gasteiger partial charge is 0.151 e. The summed E-state index contributed by atoms with van der Waals surface area (Å²) in [5.74, 6) is 0.189. The summed E-state index contributed by atoms with van der Waals surface area (Å²) < 4.78 is 13.5. The lowest BCUT2D eigenvalue weighted by molar-refractivity contribution is 0.637. The molecule has 3 aromatic rings. The Hall–Kier alpha value is -2.07. The molecule has 0 fully saturated rings. The van der Waals surface area contributed by atoms with Gasteiger partial charge in [0.25, 0.3) is 0 Å². The van der Waals surface area contributed by atoms with E-state index in [1.807, 2.05) is 0 Å². The fourth-order valence-electron chi connectivity index (χ4n) is 1.88. The summed E-state index contributed by atoms with van der Waals surface area (Å²) in [7, 11) is 0. The van der Waals surface area contributed by atoms with E-state index < -0.39 is 0 Å². The van der Waals surface area contributed by atoms with E-state index in [1.54, 1.807) is 30.3 Å². The van der Waals surface area contributed by atoms with Crippen LogP contribution in [-0.2, 0) is 0 Å². The van der Waals surface area contributed by atoms with Crippen LogP contribution in [0.1, 0.15) is 0 Å². The number of H-pyrrole nitrogens is 1. The molecule has 0 bridgehead atoms. The number of fused-ring (bicyclic) bond motifs is 1. The van der Waals surface area contributed by atoms with E-state index in [0.29, 0.717) is 27.6 Å². The average Bonchev–Trinajstić information content (AvgIpc) is 2.73. The van der Waals surface area contributed by atoms with Crippen molar-refractivity contribution >= 4 is 28.3 Å². The van der Waals surface area contributed by atoms with Gasteiger partial charge < -0.3 is 10.7 Å². The van der Waals surface area contributed by atoms with Crippen molar-refractivity contribution in [2.75, 3.05) is 5.73 Å². The maximum Gasteiger partial charge on any atom is 0.151 e. The van der Waals surface area contributed by atoms with Gasteiger partial charge in [-0.2, -0.15) is 0 Å². The Bertz CT molecular complexity index is 716. The van der Waals surface area contributed by atoms with Crippen LogP contribution < -0.4 is 5.73 Å². The summed E-state index contributed by atoms with van der Waals surface area (Å²) in [5.41, 5.74) is 7.95. The Kier molecular flexibility index (Phi) is 2.45. The maximum absolute atomic E-state index is 13.5. The fraction of sp³-hybridized carbons (Fsp3) is 0. The predicted molar refractivity (Wildman–Crippen MR) is 70.9 cm³/mol. The molecule has 0 spiro atoms. The Labute approximate surface area is 107 Å². The molecule has 90 valence electrons. The zero-order valence-corrected chi connectivity index (χ0v) is 10.0. The number of anilines is 1. The molecule has 0 unspecified atom stereocenters. The van der Waals surface area contributed by atoms with Crippen molar-refractivity contribution in [3.05, 3.63) is 47.2 Å². The molecule has 0 radical (unpaired) electrons. The molecule has 0 atom stereocenters. The van der Waals surface area contributed by atoms with Crippen molar-refractivity contribution in [3.8, 4) is 11.4 Å². The summed E-state index contributed by atoms with van der Waals surface area (Å²) in [6.07, 6.45) is 0. The number of rotatable bonds is 1. The quantitative estimate of drug-likeness (QED) is 0.658. The number of imidazole rings is 1. The van der Waals surface area contributed by atoms with Crippen LogP contribution in [0.25, 0.3) is 22.4 Å². The molecule has 0 amide bonds. The van der Waals surface area contributed by atoms with Crippen LogP contribution in [0, 0.1) is 5.82 Å². The Morgan fingerprint density at radius 2 is 2.06 bits per heavy atom. The number of nitrogen functional groups attached to an aromatic ring is 1. The van der Waals surface area contributed by atoms with E-state index >= 15 is 0 Å². The van der Waals surface area contributed by atoms with E-state index in [4.69, 9.17) is 17.3 Å². The van der Waals surface area contributed by atoms with Crippen molar-refractivity contribution in [2.24, 2.45) is 0 Å². The number of nitrogens with two attached hydrogens (primary N) is 1. The van der Waals surface area contributed by atoms with Gasteiger partial charge in [-0.1, -0.05) is 17.7 Å². The lowest BCUT2D eigenvalue weighted by atomic mass is 10.2. The van der Waals surface area contributed by atoms with Gasteiger partial charge in [0.05, 0.1) is 5.52 Å². The zero-order chi connectivity index (χ0) is 12.7. The molecule has 3 nitrogen and oxygen atoms in total. The number of benzene rings is 2.